The van der Waals surface area contributed by atoms with Gasteiger partial charge in [0.15, 0.2) is 0 Å². The zero-order valence-corrected chi connectivity index (χ0v) is 17.8. The topological polar surface area (TPSA) is 47.4 Å². The van der Waals surface area contributed by atoms with E-state index in [1.54, 1.807) is 0 Å². The van der Waals surface area contributed by atoms with Gasteiger partial charge in [0.25, 0.3) is 6.47 Å². The first-order valence-electron chi connectivity index (χ1n) is 11.1. The molecule has 1 heterocycles. The van der Waals surface area contributed by atoms with Crippen molar-refractivity contribution in [3.05, 3.63) is 60.7 Å². The minimum atomic E-state index is 0.420. The molecule has 0 amide bonds. The maximum atomic E-state index is 10.8. The molecule has 1 aliphatic rings. The Morgan fingerprint density at radius 2 is 1.74 bits per heavy atom. The van der Waals surface area contributed by atoms with E-state index >= 15 is 0 Å². The summed E-state index contributed by atoms with van der Waals surface area (Å²) in [7, 11) is 2.08. The Hall–Kier alpha value is -3.34. The quantitative estimate of drug-likeness (QED) is 0.281. The molecular weight excluding hydrogens is 386 g/mol. The van der Waals surface area contributed by atoms with Gasteiger partial charge in [-0.3, -0.25) is 4.79 Å². The lowest BCUT2D eigenvalue weighted by Gasteiger charge is -2.25. The third-order valence-corrected chi connectivity index (χ3v) is 6.44. The lowest BCUT2D eigenvalue weighted by Crippen LogP contribution is -2.19. The lowest BCUT2D eigenvalue weighted by atomic mass is 10.1. The molecule has 5 rings (SSSR count). The molecule has 1 fully saturated rings. The standard InChI is InChI=1S/C26H27N3O2/c1-28(22-13-12-19-8-6-7-9-20(19)16-22)26-27-24-17-23(31-18-30)14-15-25(24)29(26)21-10-4-2-3-5-11-21/h6-9,12-18,21H,2-5,10-11H2,1H3. The fourth-order valence-electron chi connectivity index (χ4n) is 4.81. The van der Waals surface area contributed by atoms with Crippen molar-refractivity contribution in [1.29, 1.82) is 0 Å². The molecule has 0 saturated heterocycles. The molecule has 0 aliphatic heterocycles. The summed E-state index contributed by atoms with van der Waals surface area (Å²) >= 11 is 0. The van der Waals surface area contributed by atoms with Crippen molar-refractivity contribution >= 4 is 39.9 Å². The second-order valence-electron chi connectivity index (χ2n) is 8.38. The van der Waals surface area contributed by atoms with E-state index in [0.717, 1.165) is 35.5 Å². The maximum Gasteiger partial charge on any atom is 0.298 e. The Balaban J connectivity index is 1.63. The minimum Gasteiger partial charge on any atom is -0.429 e. The van der Waals surface area contributed by atoms with E-state index in [0.29, 0.717) is 18.3 Å². The van der Waals surface area contributed by atoms with Gasteiger partial charge < -0.3 is 14.2 Å². The molecule has 0 atom stereocenters. The molecule has 1 aliphatic carbocycles. The normalized spacial score (nSPS) is 15.1. The predicted octanol–water partition coefficient (Wildman–Crippen LogP) is 6.39. The number of fused-ring (bicyclic) bond motifs is 2. The Kier molecular flexibility index (Phi) is 5.33. The highest BCUT2D eigenvalue weighted by Crippen LogP contribution is 2.37. The van der Waals surface area contributed by atoms with E-state index in [4.69, 9.17) is 9.72 Å². The van der Waals surface area contributed by atoms with Gasteiger partial charge >= 0.3 is 0 Å². The Labute approximate surface area is 182 Å². The monoisotopic (exact) mass is 413 g/mol. The molecule has 0 bridgehead atoms. The fraction of sp³-hybridized carbons (Fsp3) is 0.308. The first kappa shape index (κ1) is 19.6. The van der Waals surface area contributed by atoms with Crippen LogP contribution in [0.3, 0.4) is 0 Å². The van der Waals surface area contributed by atoms with Crippen LogP contribution in [0.2, 0.25) is 0 Å². The van der Waals surface area contributed by atoms with Crippen molar-refractivity contribution in [2.24, 2.45) is 0 Å². The number of imidazole rings is 1. The summed E-state index contributed by atoms with van der Waals surface area (Å²) in [6.45, 7) is 0.464. The molecule has 0 radical (unpaired) electrons. The van der Waals surface area contributed by atoms with Crippen molar-refractivity contribution in [2.45, 2.75) is 44.6 Å². The summed E-state index contributed by atoms with van der Waals surface area (Å²) in [5.74, 6) is 1.45. The summed E-state index contributed by atoms with van der Waals surface area (Å²) in [5, 5.41) is 2.44. The number of hydrogen-bond donors (Lipinski definition) is 0. The number of rotatable bonds is 5. The van der Waals surface area contributed by atoms with Crippen LogP contribution in [0.1, 0.15) is 44.6 Å². The van der Waals surface area contributed by atoms with Crippen LogP contribution in [-0.2, 0) is 4.79 Å². The summed E-state index contributed by atoms with van der Waals surface area (Å²) in [5.41, 5.74) is 3.05. The highest BCUT2D eigenvalue weighted by Gasteiger charge is 2.23. The van der Waals surface area contributed by atoms with Gasteiger partial charge in [-0.25, -0.2) is 4.98 Å². The molecule has 31 heavy (non-hydrogen) atoms. The van der Waals surface area contributed by atoms with Crippen molar-refractivity contribution in [1.82, 2.24) is 9.55 Å². The van der Waals surface area contributed by atoms with Crippen molar-refractivity contribution < 1.29 is 9.53 Å². The fourth-order valence-corrected chi connectivity index (χ4v) is 4.81. The molecule has 3 aromatic carbocycles. The van der Waals surface area contributed by atoms with Gasteiger partial charge in [0.05, 0.1) is 11.0 Å². The second kappa shape index (κ2) is 8.42. The first-order chi connectivity index (χ1) is 15.2. The highest BCUT2D eigenvalue weighted by atomic mass is 16.5. The highest BCUT2D eigenvalue weighted by molar-refractivity contribution is 5.87. The third kappa shape index (κ3) is 3.76. The maximum absolute atomic E-state index is 10.8. The van der Waals surface area contributed by atoms with Gasteiger partial charge in [0.1, 0.15) is 5.75 Å². The van der Waals surface area contributed by atoms with Crippen molar-refractivity contribution in [3.8, 4) is 5.75 Å². The van der Waals surface area contributed by atoms with Gasteiger partial charge in [-0.1, -0.05) is 56.0 Å². The number of carbonyl (C=O) groups is 1. The van der Waals surface area contributed by atoms with Crippen LogP contribution in [0.5, 0.6) is 5.75 Å². The molecule has 5 nitrogen and oxygen atoms in total. The minimum absolute atomic E-state index is 0.420. The number of nitrogens with zero attached hydrogens (tertiary/aromatic N) is 3. The van der Waals surface area contributed by atoms with E-state index in [1.807, 2.05) is 18.2 Å². The Morgan fingerprint density at radius 1 is 0.968 bits per heavy atom. The van der Waals surface area contributed by atoms with Crippen LogP contribution >= 0.6 is 0 Å². The zero-order chi connectivity index (χ0) is 21.2. The number of hydrogen-bond acceptors (Lipinski definition) is 4. The summed E-state index contributed by atoms with van der Waals surface area (Å²) in [4.78, 5) is 18.0. The molecule has 0 spiro atoms. The molecule has 158 valence electrons. The predicted molar refractivity (Wildman–Crippen MR) is 125 cm³/mol. The molecule has 4 aromatic rings. The van der Waals surface area contributed by atoms with Crippen molar-refractivity contribution in [2.75, 3.05) is 11.9 Å². The van der Waals surface area contributed by atoms with Gasteiger partial charge in [-0.2, -0.15) is 0 Å². The van der Waals surface area contributed by atoms with Gasteiger partial charge in [0, 0.05) is 24.8 Å². The molecule has 0 unspecified atom stereocenters. The summed E-state index contributed by atoms with van der Waals surface area (Å²) < 4.78 is 7.48. The SMILES string of the molecule is CN(c1ccc2ccccc2c1)c1nc2cc(OC=O)ccc2n1C1CCCCCC1. The van der Waals surface area contributed by atoms with E-state index in [9.17, 15) is 4.79 Å². The van der Waals surface area contributed by atoms with Crippen LogP contribution in [0, 0.1) is 0 Å². The number of benzene rings is 3. The van der Waals surface area contributed by atoms with Crippen LogP contribution < -0.4 is 9.64 Å². The van der Waals surface area contributed by atoms with Crippen LogP contribution in [0.4, 0.5) is 11.6 Å². The number of carbonyl (C=O) groups excluding carboxylic acids is 1. The number of ether oxygens (including phenoxy) is 1. The van der Waals surface area contributed by atoms with E-state index in [1.165, 1.54) is 36.5 Å². The molecule has 1 aromatic heterocycles. The van der Waals surface area contributed by atoms with E-state index < -0.39 is 0 Å². The van der Waals surface area contributed by atoms with E-state index in [2.05, 4.69) is 59.0 Å². The van der Waals surface area contributed by atoms with Crippen LogP contribution in [0.25, 0.3) is 21.8 Å². The summed E-state index contributed by atoms with van der Waals surface area (Å²) in [6, 6.07) is 21.1. The van der Waals surface area contributed by atoms with E-state index in [-0.39, 0.29) is 0 Å². The van der Waals surface area contributed by atoms with Gasteiger partial charge in [-0.15, -0.1) is 0 Å². The number of aromatic nitrogens is 2. The van der Waals surface area contributed by atoms with Gasteiger partial charge in [-0.05, 0) is 47.9 Å². The first-order valence-corrected chi connectivity index (χ1v) is 11.1. The molecule has 5 heteroatoms. The van der Waals surface area contributed by atoms with Crippen LogP contribution in [0.15, 0.2) is 60.7 Å². The average Bonchev–Trinajstić information content (AvgIpc) is 2.97. The van der Waals surface area contributed by atoms with Crippen molar-refractivity contribution in [3.63, 3.8) is 0 Å². The molecule has 0 N–H and O–H groups in total. The zero-order valence-electron chi connectivity index (χ0n) is 17.8. The van der Waals surface area contributed by atoms with Crippen LogP contribution in [-0.4, -0.2) is 23.1 Å². The van der Waals surface area contributed by atoms with Gasteiger partial charge in [0.2, 0.25) is 5.95 Å². The Bertz CT molecular complexity index is 1220. The molecule has 1 saturated carbocycles. The average molecular weight is 414 g/mol. The number of anilines is 2. The third-order valence-electron chi connectivity index (χ3n) is 6.44. The lowest BCUT2D eigenvalue weighted by molar-refractivity contribution is -0.120. The second-order valence-corrected chi connectivity index (χ2v) is 8.38. The largest absolute Gasteiger partial charge is 0.429 e. The summed E-state index contributed by atoms with van der Waals surface area (Å²) in [6.07, 6.45) is 7.42. The Morgan fingerprint density at radius 3 is 2.52 bits per heavy atom. The molecular formula is C26H27N3O2. The smallest absolute Gasteiger partial charge is 0.298 e.